The zero-order valence-electron chi connectivity index (χ0n) is 12.2. The molecule has 0 saturated heterocycles. The van der Waals surface area contributed by atoms with Gasteiger partial charge < -0.3 is 9.88 Å². The lowest BCUT2D eigenvalue weighted by molar-refractivity contribution is -0.116. The Morgan fingerprint density at radius 2 is 2.10 bits per heavy atom. The van der Waals surface area contributed by atoms with Gasteiger partial charge in [-0.25, -0.2) is 4.98 Å². The fourth-order valence-corrected chi connectivity index (χ4v) is 2.08. The van der Waals surface area contributed by atoms with E-state index in [1.807, 2.05) is 16.8 Å². The summed E-state index contributed by atoms with van der Waals surface area (Å²) < 4.78 is 2.00. The monoisotopic (exact) mass is 282 g/mol. The van der Waals surface area contributed by atoms with Crippen LogP contribution in [0, 0.1) is 11.3 Å². The third-order valence-electron chi connectivity index (χ3n) is 3.14. The molecular weight excluding hydrogens is 264 g/mol. The van der Waals surface area contributed by atoms with E-state index in [2.05, 4.69) is 24.1 Å². The van der Waals surface area contributed by atoms with Gasteiger partial charge in [0.25, 0.3) is 0 Å². The van der Waals surface area contributed by atoms with E-state index in [1.165, 1.54) is 0 Å². The Morgan fingerprint density at radius 3 is 2.71 bits per heavy atom. The normalized spacial score (nSPS) is 10.4. The molecule has 2 rings (SSSR count). The summed E-state index contributed by atoms with van der Waals surface area (Å²) in [7, 11) is 0. The van der Waals surface area contributed by atoms with Crippen LogP contribution < -0.4 is 5.32 Å². The highest BCUT2D eigenvalue weighted by Gasteiger charge is 2.09. The molecule has 21 heavy (non-hydrogen) atoms. The molecule has 5 heteroatoms. The molecule has 0 saturated carbocycles. The number of hydrogen-bond acceptors (Lipinski definition) is 3. The first-order valence-electron chi connectivity index (χ1n) is 6.91. The molecule has 108 valence electrons. The van der Waals surface area contributed by atoms with Crippen LogP contribution in [0.2, 0.25) is 0 Å². The van der Waals surface area contributed by atoms with Crippen molar-refractivity contribution in [1.29, 1.82) is 5.26 Å². The van der Waals surface area contributed by atoms with E-state index >= 15 is 0 Å². The Hall–Kier alpha value is -2.61. The molecule has 5 nitrogen and oxygen atoms in total. The molecular formula is C16H18N4O. The first-order chi connectivity index (χ1) is 10.1. The molecule has 0 bridgehead atoms. The van der Waals surface area contributed by atoms with E-state index in [-0.39, 0.29) is 5.91 Å². The molecule has 0 aliphatic rings. The van der Waals surface area contributed by atoms with Crippen molar-refractivity contribution in [3.05, 3.63) is 48.0 Å². The maximum Gasteiger partial charge on any atom is 0.226 e. The second-order valence-electron chi connectivity index (χ2n) is 5.12. The molecule has 1 aromatic heterocycles. The van der Waals surface area contributed by atoms with Gasteiger partial charge >= 0.3 is 0 Å². The zero-order valence-corrected chi connectivity index (χ0v) is 12.2. The summed E-state index contributed by atoms with van der Waals surface area (Å²) in [5, 5.41) is 11.5. The molecule has 1 amide bonds. The molecule has 0 spiro atoms. The summed E-state index contributed by atoms with van der Waals surface area (Å²) in [6, 6.07) is 8.87. The summed E-state index contributed by atoms with van der Waals surface area (Å²) in [6.45, 7) is 4.76. The number of nitriles is 1. The van der Waals surface area contributed by atoms with Crippen molar-refractivity contribution in [3.63, 3.8) is 0 Å². The summed E-state index contributed by atoms with van der Waals surface area (Å²) >= 11 is 0. The van der Waals surface area contributed by atoms with Crippen molar-refractivity contribution in [1.82, 2.24) is 9.55 Å². The molecule has 0 radical (unpaired) electrons. The summed E-state index contributed by atoms with van der Waals surface area (Å²) in [6.07, 6.45) is 4.04. The van der Waals surface area contributed by atoms with Gasteiger partial charge in [0.05, 0.1) is 11.6 Å². The first kappa shape index (κ1) is 14.8. The SMILES string of the molecule is CC(C)c1nccn1CCC(=O)Nc1ccc(C#N)cc1. The van der Waals surface area contributed by atoms with Crippen molar-refractivity contribution < 1.29 is 4.79 Å². The van der Waals surface area contributed by atoms with Crippen LogP contribution in [-0.4, -0.2) is 15.5 Å². The number of imidazole rings is 1. The summed E-state index contributed by atoms with van der Waals surface area (Å²) in [4.78, 5) is 16.2. The Balaban J connectivity index is 1.90. The minimum absolute atomic E-state index is 0.0527. The second-order valence-corrected chi connectivity index (χ2v) is 5.12. The maximum absolute atomic E-state index is 11.9. The highest BCUT2D eigenvalue weighted by atomic mass is 16.1. The van der Waals surface area contributed by atoms with Gasteiger partial charge in [-0.1, -0.05) is 13.8 Å². The summed E-state index contributed by atoms with van der Waals surface area (Å²) in [5.74, 6) is 1.27. The van der Waals surface area contributed by atoms with Crippen molar-refractivity contribution in [3.8, 4) is 6.07 Å². The van der Waals surface area contributed by atoms with Crippen LogP contribution in [0.3, 0.4) is 0 Å². The molecule has 1 heterocycles. The summed E-state index contributed by atoms with van der Waals surface area (Å²) in [5.41, 5.74) is 1.28. The van der Waals surface area contributed by atoms with Crippen LogP contribution in [0.1, 0.15) is 37.6 Å². The molecule has 1 N–H and O–H groups in total. The fourth-order valence-electron chi connectivity index (χ4n) is 2.08. The van der Waals surface area contributed by atoms with Crippen LogP contribution in [0.15, 0.2) is 36.7 Å². The Kier molecular flexibility index (Phi) is 4.72. The predicted octanol–water partition coefficient (Wildman–Crippen LogP) is 2.91. The Labute approximate surface area is 124 Å². The Bertz CT molecular complexity index is 650. The molecule has 0 aliphatic heterocycles. The smallest absolute Gasteiger partial charge is 0.226 e. The predicted molar refractivity (Wildman–Crippen MR) is 80.7 cm³/mol. The zero-order chi connectivity index (χ0) is 15.2. The van der Waals surface area contributed by atoms with E-state index in [4.69, 9.17) is 5.26 Å². The van der Waals surface area contributed by atoms with Crippen LogP contribution in [0.25, 0.3) is 0 Å². The number of carbonyl (C=O) groups excluding carboxylic acids is 1. The van der Waals surface area contributed by atoms with Crippen molar-refractivity contribution in [2.75, 3.05) is 5.32 Å². The number of nitrogens with zero attached hydrogens (tertiary/aromatic N) is 3. The minimum atomic E-state index is -0.0527. The minimum Gasteiger partial charge on any atom is -0.334 e. The lowest BCUT2D eigenvalue weighted by atomic mass is 10.2. The average molecular weight is 282 g/mol. The Morgan fingerprint density at radius 1 is 1.38 bits per heavy atom. The number of hydrogen-bond donors (Lipinski definition) is 1. The fraction of sp³-hybridized carbons (Fsp3) is 0.312. The van der Waals surface area contributed by atoms with Gasteiger partial charge in [-0.2, -0.15) is 5.26 Å². The van der Waals surface area contributed by atoms with E-state index in [9.17, 15) is 4.79 Å². The third-order valence-corrected chi connectivity index (χ3v) is 3.14. The van der Waals surface area contributed by atoms with Crippen LogP contribution in [0.5, 0.6) is 0 Å². The van der Waals surface area contributed by atoms with E-state index in [1.54, 1.807) is 30.5 Å². The second kappa shape index (κ2) is 6.71. The molecule has 0 fully saturated rings. The van der Waals surface area contributed by atoms with Crippen molar-refractivity contribution >= 4 is 11.6 Å². The van der Waals surface area contributed by atoms with Gasteiger partial charge in [-0.3, -0.25) is 4.79 Å². The standard InChI is InChI=1S/C16H18N4O/c1-12(2)16-18-8-10-20(16)9-7-15(21)19-14-5-3-13(11-17)4-6-14/h3-6,8,10,12H,7,9H2,1-2H3,(H,19,21). The van der Waals surface area contributed by atoms with Crippen LogP contribution in [0.4, 0.5) is 5.69 Å². The number of amides is 1. The lowest BCUT2D eigenvalue weighted by Gasteiger charge is -2.10. The van der Waals surface area contributed by atoms with Crippen molar-refractivity contribution in [2.24, 2.45) is 0 Å². The molecule has 0 aliphatic carbocycles. The average Bonchev–Trinajstić information content (AvgIpc) is 2.94. The van der Waals surface area contributed by atoms with Gasteiger partial charge in [0, 0.05) is 37.0 Å². The largest absolute Gasteiger partial charge is 0.334 e. The molecule has 1 aromatic carbocycles. The number of benzene rings is 1. The highest BCUT2D eigenvalue weighted by Crippen LogP contribution is 2.13. The number of aryl methyl sites for hydroxylation is 1. The van der Waals surface area contributed by atoms with E-state index < -0.39 is 0 Å². The van der Waals surface area contributed by atoms with Gasteiger partial charge in [0.1, 0.15) is 5.82 Å². The number of carbonyl (C=O) groups is 1. The molecule has 0 unspecified atom stereocenters. The molecule has 0 atom stereocenters. The van der Waals surface area contributed by atoms with Gasteiger partial charge in [0.15, 0.2) is 0 Å². The van der Waals surface area contributed by atoms with Gasteiger partial charge in [-0.05, 0) is 24.3 Å². The van der Waals surface area contributed by atoms with E-state index in [0.29, 0.717) is 30.1 Å². The molecule has 2 aromatic rings. The van der Waals surface area contributed by atoms with E-state index in [0.717, 1.165) is 5.82 Å². The lowest BCUT2D eigenvalue weighted by Crippen LogP contribution is -2.15. The quantitative estimate of drug-likeness (QED) is 0.916. The number of anilines is 1. The highest BCUT2D eigenvalue weighted by molar-refractivity contribution is 5.90. The third kappa shape index (κ3) is 3.93. The van der Waals surface area contributed by atoms with Crippen molar-refractivity contribution in [2.45, 2.75) is 32.7 Å². The van der Waals surface area contributed by atoms with Gasteiger partial charge in [0.2, 0.25) is 5.91 Å². The van der Waals surface area contributed by atoms with Crippen LogP contribution in [-0.2, 0) is 11.3 Å². The number of aromatic nitrogens is 2. The van der Waals surface area contributed by atoms with Crippen LogP contribution >= 0.6 is 0 Å². The number of nitrogens with one attached hydrogen (secondary N) is 1. The first-order valence-corrected chi connectivity index (χ1v) is 6.91. The van der Waals surface area contributed by atoms with Gasteiger partial charge in [-0.15, -0.1) is 0 Å². The topological polar surface area (TPSA) is 70.7 Å². The maximum atomic E-state index is 11.9. The number of rotatable bonds is 5.